The quantitative estimate of drug-likeness (QED) is 0.494. The molecule has 170 valence electrons. The second kappa shape index (κ2) is 8.88. The minimum Gasteiger partial charge on any atom is -0.368 e. The summed E-state index contributed by atoms with van der Waals surface area (Å²) in [5, 5.41) is 9.02. The summed E-state index contributed by atoms with van der Waals surface area (Å²) in [5.74, 6) is 0.347. The molecule has 1 saturated heterocycles. The van der Waals surface area contributed by atoms with Crippen LogP contribution in [0.1, 0.15) is 51.4 Å². The maximum absolute atomic E-state index is 13.7. The number of rotatable bonds is 8. The molecule has 30 heavy (non-hydrogen) atoms. The number of methoxy groups -OCH3 is 1. The van der Waals surface area contributed by atoms with Gasteiger partial charge in [0.15, 0.2) is 0 Å². The Balaban J connectivity index is 1.12. The van der Waals surface area contributed by atoms with E-state index in [1.54, 1.807) is 7.11 Å². The molecule has 5 rings (SSSR count). The minimum absolute atomic E-state index is 0.0670. The van der Waals surface area contributed by atoms with E-state index in [2.05, 4.69) is 16.0 Å². The van der Waals surface area contributed by atoms with Crippen LogP contribution >= 0.6 is 11.6 Å². The average molecular weight is 446 g/mol. The van der Waals surface area contributed by atoms with Gasteiger partial charge in [0.1, 0.15) is 19.0 Å². The minimum atomic E-state index is -1.07. The number of alkyl halides is 2. The highest BCUT2D eigenvalue weighted by Crippen LogP contribution is 2.67. The van der Waals surface area contributed by atoms with Crippen molar-refractivity contribution in [3.05, 3.63) is 0 Å². The molecule has 1 aliphatic heterocycles. The third kappa shape index (κ3) is 4.61. The van der Waals surface area contributed by atoms with Gasteiger partial charge in [-0.25, -0.2) is 4.39 Å². The van der Waals surface area contributed by atoms with Crippen molar-refractivity contribution in [1.82, 2.24) is 16.0 Å². The lowest BCUT2D eigenvalue weighted by atomic mass is 9.39. The zero-order valence-corrected chi connectivity index (χ0v) is 18.3. The van der Waals surface area contributed by atoms with Crippen molar-refractivity contribution >= 4 is 23.4 Å². The maximum atomic E-state index is 13.7. The first-order valence-corrected chi connectivity index (χ1v) is 11.5. The number of nitrogens with one attached hydrogen (secondary N) is 3. The molecule has 4 saturated carbocycles. The van der Waals surface area contributed by atoms with Gasteiger partial charge in [-0.15, -0.1) is 11.6 Å². The van der Waals surface area contributed by atoms with Crippen molar-refractivity contribution in [1.29, 1.82) is 0 Å². The molecule has 0 radical (unpaired) electrons. The summed E-state index contributed by atoms with van der Waals surface area (Å²) in [6.45, 7) is 1.46. The first-order valence-electron chi connectivity index (χ1n) is 11.1. The standard InChI is InChI=1S/C21H33ClFN3O4/c1-29-18-5-2-13(7-24-18)8-25-19(28)20-10-21(11-20,12-20)26-17(27)9-30-14-3-4-15(22)16(23)6-14/h13-16,18,24H,2-12H2,1H3,(H,25,28)(H,26,27). The van der Waals surface area contributed by atoms with E-state index < -0.39 is 11.5 Å². The van der Waals surface area contributed by atoms with Crippen LogP contribution in [0.2, 0.25) is 0 Å². The molecule has 7 nitrogen and oxygen atoms in total. The van der Waals surface area contributed by atoms with E-state index in [-0.39, 0.29) is 48.1 Å². The predicted octanol–water partition coefficient (Wildman–Crippen LogP) is 1.63. The van der Waals surface area contributed by atoms with Gasteiger partial charge in [0.25, 0.3) is 0 Å². The number of ether oxygens (including phenoxy) is 2. The fourth-order valence-electron chi connectivity index (χ4n) is 5.57. The van der Waals surface area contributed by atoms with Crippen LogP contribution in [0.25, 0.3) is 0 Å². The molecule has 5 atom stereocenters. The van der Waals surface area contributed by atoms with E-state index >= 15 is 0 Å². The van der Waals surface area contributed by atoms with E-state index in [1.807, 2.05) is 0 Å². The smallest absolute Gasteiger partial charge is 0.246 e. The molecule has 9 heteroatoms. The summed E-state index contributed by atoms with van der Waals surface area (Å²) >= 11 is 5.88. The Bertz CT molecular complexity index is 638. The van der Waals surface area contributed by atoms with Crippen molar-refractivity contribution in [2.75, 3.05) is 26.8 Å². The van der Waals surface area contributed by atoms with Crippen LogP contribution in [0.3, 0.4) is 0 Å². The Labute approximate surface area is 182 Å². The zero-order valence-electron chi connectivity index (χ0n) is 17.6. The molecule has 0 aromatic carbocycles. The van der Waals surface area contributed by atoms with E-state index in [0.717, 1.165) is 19.4 Å². The van der Waals surface area contributed by atoms with Gasteiger partial charge >= 0.3 is 0 Å². The van der Waals surface area contributed by atoms with Crippen molar-refractivity contribution in [2.24, 2.45) is 11.3 Å². The van der Waals surface area contributed by atoms with Gasteiger partial charge in [-0.1, -0.05) is 0 Å². The van der Waals surface area contributed by atoms with Crippen molar-refractivity contribution < 1.29 is 23.5 Å². The molecule has 0 aromatic heterocycles. The van der Waals surface area contributed by atoms with Gasteiger partial charge in [0.05, 0.1) is 16.9 Å². The monoisotopic (exact) mass is 445 g/mol. The van der Waals surface area contributed by atoms with Crippen LogP contribution in [0.4, 0.5) is 4.39 Å². The van der Waals surface area contributed by atoms with Crippen LogP contribution in [0, 0.1) is 11.3 Å². The Hall–Kier alpha value is -0.960. The van der Waals surface area contributed by atoms with Crippen molar-refractivity contribution in [3.63, 3.8) is 0 Å². The van der Waals surface area contributed by atoms with Gasteiger partial charge in [-0.05, 0) is 50.9 Å². The van der Waals surface area contributed by atoms with E-state index in [1.165, 1.54) is 0 Å². The topological polar surface area (TPSA) is 88.7 Å². The number of hydrogen-bond acceptors (Lipinski definition) is 5. The van der Waals surface area contributed by atoms with Crippen molar-refractivity contribution in [2.45, 2.75) is 80.8 Å². The maximum Gasteiger partial charge on any atom is 0.246 e. The highest BCUT2D eigenvalue weighted by Gasteiger charge is 2.72. The highest BCUT2D eigenvalue weighted by molar-refractivity contribution is 6.21. The molecule has 1 heterocycles. The first kappa shape index (κ1) is 22.2. The predicted molar refractivity (Wildman–Crippen MR) is 110 cm³/mol. The summed E-state index contributed by atoms with van der Waals surface area (Å²) in [5.41, 5.74) is -0.572. The molecule has 0 spiro atoms. The number of amides is 2. The Morgan fingerprint density at radius 1 is 1.20 bits per heavy atom. The number of halogens is 2. The van der Waals surface area contributed by atoms with Crippen LogP contribution in [-0.4, -0.2) is 68.0 Å². The Kier molecular flexibility index (Phi) is 6.59. The third-order valence-corrected chi connectivity index (χ3v) is 7.81. The summed E-state index contributed by atoms with van der Waals surface area (Å²) in [6, 6.07) is 0. The number of piperidine rings is 1. The van der Waals surface area contributed by atoms with Gasteiger partial charge < -0.3 is 20.1 Å². The van der Waals surface area contributed by atoms with Crippen molar-refractivity contribution in [3.8, 4) is 0 Å². The van der Waals surface area contributed by atoms with Crippen LogP contribution in [0.15, 0.2) is 0 Å². The van der Waals surface area contributed by atoms with Gasteiger partial charge in [0, 0.05) is 32.2 Å². The van der Waals surface area contributed by atoms with E-state index in [0.29, 0.717) is 44.6 Å². The molecular formula is C21H33ClFN3O4. The van der Waals surface area contributed by atoms with Crippen LogP contribution in [-0.2, 0) is 19.1 Å². The number of carbonyl (C=O) groups is 2. The second-order valence-corrected chi connectivity index (χ2v) is 10.3. The fourth-order valence-corrected chi connectivity index (χ4v) is 5.80. The first-order chi connectivity index (χ1) is 14.3. The van der Waals surface area contributed by atoms with Gasteiger partial charge in [-0.2, -0.15) is 0 Å². The molecule has 5 fully saturated rings. The molecule has 2 amide bonds. The fraction of sp³-hybridized carbons (Fsp3) is 0.905. The summed E-state index contributed by atoms with van der Waals surface area (Å²) in [7, 11) is 1.70. The lowest BCUT2D eigenvalue weighted by Gasteiger charge is -2.69. The van der Waals surface area contributed by atoms with E-state index in [9.17, 15) is 14.0 Å². The SMILES string of the molecule is COC1CCC(CNC(=O)C23CC(NC(=O)COC4CCC(Cl)C(F)C4)(C2)C3)CN1. The lowest BCUT2D eigenvalue weighted by molar-refractivity contribution is -0.185. The highest BCUT2D eigenvalue weighted by atomic mass is 35.5. The normalized spacial score (nSPS) is 42.6. The van der Waals surface area contributed by atoms with Gasteiger partial charge in [-0.3, -0.25) is 14.9 Å². The molecule has 5 aliphatic rings. The molecule has 5 unspecified atom stereocenters. The molecule has 0 aromatic rings. The average Bonchev–Trinajstić information content (AvgIpc) is 2.69. The zero-order chi connectivity index (χ0) is 21.4. The third-order valence-electron chi connectivity index (χ3n) is 7.32. The molecule has 4 aliphatic carbocycles. The van der Waals surface area contributed by atoms with E-state index in [4.69, 9.17) is 21.1 Å². The van der Waals surface area contributed by atoms with Crippen LogP contribution in [0.5, 0.6) is 0 Å². The molecule has 2 bridgehead atoms. The largest absolute Gasteiger partial charge is 0.368 e. The summed E-state index contributed by atoms with van der Waals surface area (Å²) < 4.78 is 24.5. The van der Waals surface area contributed by atoms with Gasteiger partial charge in [0.2, 0.25) is 11.8 Å². The summed E-state index contributed by atoms with van der Waals surface area (Å²) in [4.78, 5) is 24.9. The Morgan fingerprint density at radius 2 is 1.97 bits per heavy atom. The number of carbonyl (C=O) groups excluding carboxylic acids is 2. The molecule has 3 N–H and O–H groups in total. The lowest BCUT2D eigenvalue weighted by Crippen LogP contribution is -2.78. The second-order valence-electron chi connectivity index (χ2n) is 9.70. The molecular weight excluding hydrogens is 413 g/mol. The number of hydrogen-bond donors (Lipinski definition) is 3. The Morgan fingerprint density at radius 3 is 2.60 bits per heavy atom. The summed E-state index contributed by atoms with van der Waals surface area (Å²) in [6.07, 6.45) is 4.36. The van der Waals surface area contributed by atoms with Crippen LogP contribution < -0.4 is 16.0 Å².